The predicted octanol–water partition coefficient (Wildman–Crippen LogP) is 0.153. The second-order valence-electron chi connectivity index (χ2n) is 3.42. The van der Waals surface area contributed by atoms with Crippen molar-refractivity contribution in [3.8, 4) is 0 Å². The smallest absolute Gasteiger partial charge is 0.0860 e. The Hall–Kier alpha value is -0.160. The predicted molar refractivity (Wildman–Crippen MR) is 54.0 cm³/mol. The molecule has 0 rings (SSSR count). The molecule has 0 aromatic heterocycles. The van der Waals surface area contributed by atoms with Crippen LogP contribution in [-0.4, -0.2) is 47.3 Å². The van der Waals surface area contributed by atoms with Crippen LogP contribution in [0.4, 0.5) is 0 Å². The minimum Gasteiger partial charge on any atom is -0.396 e. The molecule has 86 valence electrons. The molecule has 4 heteroatoms. The monoisotopic (exact) mass is 206 g/mol. The molecule has 0 aliphatic heterocycles. The average molecular weight is 206 g/mol. The van der Waals surface area contributed by atoms with Crippen molar-refractivity contribution in [1.82, 2.24) is 0 Å². The molecule has 0 aliphatic carbocycles. The molecule has 0 saturated carbocycles. The summed E-state index contributed by atoms with van der Waals surface area (Å²) >= 11 is 0. The van der Waals surface area contributed by atoms with Crippen LogP contribution in [0.3, 0.4) is 0 Å². The molecule has 4 nitrogen and oxygen atoms in total. The summed E-state index contributed by atoms with van der Waals surface area (Å²) in [6.45, 7) is 3.69. The van der Waals surface area contributed by atoms with E-state index in [2.05, 4.69) is 0 Å². The topological polar surface area (TPSA) is 69.9 Å². The van der Waals surface area contributed by atoms with Crippen molar-refractivity contribution < 1.29 is 20.1 Å². The second kappa shape index (κ2) is 8.17. The van der Waals surface area contributed by atoms with E-state index in [9.17, 15) is 0 Å². The number of hydrogen-bond donors (Lipinski definition) is 3. The van der Waals surface area contributed by atoms with Crippen LogP contribution in [0.2, 0.25) is 0 Å². The zero-order chi connectivity index (χ0) is 11.0. The first kappa shape index (κ1) is 13.8. The number of ether oxygens (including phenoxy) is 1. The van der Waals surface area contributed by atoms with Crippen molar-refractivity contribution in [3.63, 3.8) is 0 Å². The van der Waals surface area contributed by atoms with Crippen LogP contribution in [-0.2, 0) is 4.74 Å². The summed E-state index contributed by atoms with van der Waals surface area (Å²) in [5.41, 5.74) is 0. The maximum Gasteiger partial charge on any atom is 0.0860 e. The van der Waals surface area contributed by atoms with Crippen molar-refractivity contribution in [2.45, 2.75) is 38.9 Å². The highest BCUT2D eigenvalue weighted by atomic mass is 16.5. The number of rotatable bonds is 8. The Morgan fingerprint density at radius 2 is 1.57 bits per heavy atom. The van der Waals surface area contributed by atoms with Crippen LogP contribution in [0, 0.1) is 5.92 Å². The highest BCUT2D eigenvalue weighted by Crippen LogP contribution is 2.14. The van der Waals surface area contributed by atoms with E-state index in [0.29, 0.717) is 6.42 Å². The van der Waals surface area contributed by atoms with Crippen LogP contribution < -0.4 is 0 Å². The SMILES string of the molecule is CCC(CO)OC(CO)C(CC)CO. The first-order chi connectivity index (χ1) is 6.73. The van der Waals surface area contributed by atoms with Crippen LogP contribution in [0.1, 0.15) is 26.7 Å². The normalized spacial score (nSPS) is 17.8. The maximum atomic E-state index is 9.08. The van der Waals surface area contributed by atoms with Gasteiger partial charge in [-0.15, -0.1) is 0 Å². The van der Waals surface area contributed by atoms with Gasteiger partial charge in [0.15, 0.2) is 0 Å². The third-order valence-corrected chi connectivity index (χ3v) is 2.49. The molecule has 14 heavy (non-hydrogen) atoms. The van der Waals surface area contributed by atoms with Crippen molar-refractivity contribution >= 4 is 0 Å². The number of aliphatic hydroxyl groups excluding tert-OH is 3. The van der Waals surface area contributed by atoms with Crippen LogP contribution >= 0.6 is 0 Å². The lowest BCUT2D eigenvalue weighted by Gasteiger charge is -2.26. The fraction of sp³-hybridized carbons (Fsp3) is 1.00. The third-order valence-electron chi connectivity index (χ3n) is 2.49. The molecular formula is C10H22O4. The molecule has 0 radical (unpaired) electrons. The first-order valence-electron chi connectivity index (χ1n) is 5.21. The molecule has 0 fully saturated rings. The fourth-order valence-electron chi connectivity index (χ4n) is 1.33. The van der Waals surface area contributed by atoms with Crippen molar-refractivity contribution in [3.05, 3.63) is 0 Å². The zero-order valence-corrected chi connectivity index (χ0v) is 9.02. The van der Waals surface area contributed by atoms with E-state index in [1.165, 1.54) is 0 Å². The lowest BCUT2D eigenvalue weighted by molar-refractivity contribution is -0.0944. The van der Waals surface area contributed by atoms with Crippen molar-refractivity contribution in [2.75, 3.05) is 19.8 Å². The Morgan fingerprint density at radius 1 is 0.929 bits per heavy atom. The molecule has 3 atom stereocenters. The lowest BCUT2D eigenvalue weighted by Crippen LogP contribution is -2.35. The van der Waals surface area contributed by atoms with Gasteiger partial charge in [-0.2, -0.15) is 0 Å². The van der Waals surface area contributed by atoms with Gasteiger partial charge in [0.25, 0.3) is 0 Å². The average Bonchev–Trinajstić information content (AvgIpc) is 2.24. The van der Waals surface area contributed by atoms with Gasteiger partial charge in [0.1, 0.15) is 0 Å². The van der Waals surface area contributed by atoms with Crippen LogP contribution in [0.15, 0.2) is 0 Å². The molecule has 0 heterocycles. The van der Waals surface area contributed by atoms with Gasteiger partial charge < -0.3 is 20.1 Å². The van der Waals surface area contributed by atoms with Gasteiger partial charge in [-0.3, -0.25) is 0 Å². The Labute approximate surface area is 85.5 Å². The van der Waals surface area contributed by atoms with Gasteiger partial charge in [-0.1, -0.05) is 13.8 Å². The van der Waals surface area contributed by atoms with Crippen LogP contribution in [0.25, 0.3) is 0 Å². The van der Waals surface area contributed by atoms with Crippen molar-refractivity contribution in [1.29, 1.82) is 0 Å². The Bertz CT molecular complexity index is 121. The van der Waals surface area contributed by atoms with E-state index in [-0.39, 0.29) is 37.9 Å². The summed E-state index contributed by atoms with van der Waals surface area (Å²) in [7, 11) is 0. The van der Waals surface area contributed by atoms with Gasteiger partial charge in [0, 0.05) is 12.5 Å². The molecule has 0 saturated heterocycles. The van der Waals surface area contributed by atoms with Gasteiger partial charge in [0.05, 0.1) is 25.4 Å². The summed E-state index contributed by atoms with van der Waals surface area (Å²) in [5, 5.41) is 27.0. The Morgan fingerprint density at radius 3 is 1.86 bits per heavy atom. The highest BCUT2D eigenvalue weighted by Gasteiger charge is 2.22. The van der Waals surface area contributed by atoms with Gasteiger partial charge in [0.2, 0.25) is 0 Å². The molecule has 3 N–H and O–H groups in total. The molecule has 3 unspecified atom stereocenters. The van der Waals surface area contributed by atoms with Gasteiger partial charge in [-0.25, -0.2) is 0 Å². The number of hydrogen-bond acceptors (Lipinski definition) is 4. The first-order valence-corrected chi connectivity index (χ1v) is 5.21. The summed E-state index contributed by atoms with van der Waals surface area (Å²) < 4.78 is 5.48. The summed E-state index contributed by atoms with van der Waals surface area (Å²) in [4.78, 5) is 0. The lowest BCUT2D eigenvalue weighted by atomic mass is 10.0. The van der Waals surface area contributed by atoms with E-state index in [1.54, 1.807) is 0 Å². The Balaban J connectivity index is 4.10. The molecule has 0 aromatic carbocycles. The van der Waals surface area contributed by atoms with Crippen molar-refractivity contribution in [2.24, 2.45) is 5.92 Å². The third kappa shape index (κ3) is 4.37. The second-order valence-corrected chi connectivity index (χ2v) is 3.42. The highest BCUT2D eigenvalue weighted by molar-refractivity contribution is 4.69. The minimum absolute atomic E-state index is 0.00356. The Kier molecular flexibility index (Phi) is 8.08. The van der Waals surface area contributed by atoms with E-state index < -0.39 is 0 Å². The van der Waals surface area contributed by atoms with Gasteiger partial charge in [-0.05, 0) is 12.8 Å². The molecule has 0 spiro atoms. The quantitative estimate of drug-likeness (QED) is 0.529. The molecule has 0 bridgehead atoms. The summed E-state index contributed by atoms with van der Waals surface area (Å²) in [5.74, 6) is -0.0550. The van der Waals surface area contributed by atoms with Crippen LogP contribution in [0.5, 0.6) is 0 Å². The fourth-order valence-corrected chi connectivity index (χ4v) is 1.33. The number of aliphatic hydroxyl groups is 3. The molecular weight excluding hydrogens is 184 g/mol. The van der Waals surface area contributed by atoms with Gasteiger partial charge >= 0.3 is 0 Å². The summed E-state index contributed by atoms with van der Waals surface area (Å²) in [6, 6.07) is 0. The van der Waals surface area contributed by atoms with E-state index in [4.69, 9.17) is 20.1 Å². The maximum absolute atomic E-state index is 9.08. The van der Waals surface area contributed by atoms with E-state index >= 15 is 0 Å². The zero-order valence-electron chi connectivity index (χ0n) is 9.02. The largest absolute Gasteiger partial charge is 0.396 e. The molecule has 0 aliphatic rings. The molecule has 0 aromatic rings. The van der Waals surface area contributed by atoms with E-state index in [1.807, 2.05) is 13.8 Å². The standard InChI is InChI=1S/C10H22O4/c1-3-8(5-11)10(7-13)14-9(4-2)6-12/h8-13H,3-7H2,1-2H3. The van der Waals surface area contributed by atoms with E-state index in [0.717, 1.165) is 6.42 Å². The minimum atomic E-state index is -0.373. The summed E-state index contributed by atoms with van der Waals surface area (Å²) in [6.07, 6.45) is 0.841. The molecule has 0 amide bonds.